The van der Waals surface area contributed by atoms with Gasteiger partial charge in [0.25, 0.3) is 5.56 Å². The maximum Gasteiger partial charge on any atom is 0.254 e. The van der Waals surface area contributed by atoms with Gasteiger partial charge in [0.1, 0.15) is 0 Å². The first-order valence-electron chi connectivity index (χ1n) is 7.52. The first kappa shape index (κ1) is 16.1. The number of anilines is 1. The predicted molar refractivity (Wildman–Crippen MR) is 98.9 cm³/mol. The molecule has 2 heterocycles. The second-order valence-corrected chi connectivity index (χ2v) is 6.45. The molecule has 0 spiro atoms. The molecular formula is C18H18N4OS. The first-order valence-corrected chi connectivity index (χ1v) is 8.40. The number of hydrogen-bond donors (Lipinski definition) is 1. The van der Waals surface area contributed by atoms with Crippen molar-refractivity contribution in [2.75, 3.05) is 5.73 Å². The van der Waals surface area contributed by atoms with Crippen LogP contribution in [-0.2, 0) is 13.5 Å². The molecule has 5 nitrogen and oxygen atoms in total. The standard InChI is InChI=1S/C18H18N4OS/c1-12-16(24-11-20-12)7-6-13-4-3-5-14(8-13)9-15-10-17(23)22(2)18(19)21-15/h3-8,10-11H,9H2,1-2H3,(H2,19,21)/b7-6+. The molecule has 2 aromatic heterocycles. The van der Waals surface area contributed by atoms with Crippen LogP contribution in [0.3, 0.4) is 0 Å². The van der Waals surface area contributed by atoms with Crippen molar-refractivity contribution in [1.29, 1.82) is 0 Å². The zero-order chi connectivity index (χ0) is 17.1. The molecule has 24 heavy (non-hydrogen) atoms. The number of benzene rings is 1. The number of hydrogen-bond acceptors (Lipinski definition) is 5. The average Bonchev–Trinajstić information content (AvgIpc) is 2.96. The lowest BCUT2D eigenvalue weighted by atomic mass is 10.1. The van der Waals surface area contributed by atoms with Crippen molar-refractivity contribution in [3.8, 4) is 0 Å². The Labute approximate surface area is 144 Å². The van der Waals surface area contributed by atoms with Crippen molar-refractivity contribution in [2.24, 2.45) is 7.05 Å². The van der Waals surface area contributed by atoms with E-state index in [0.29, 0.717) is 12.1 Å². The maximum atomic E-state index is 11.8. The Balaban J connectivity index is 1.82. The molecule has 0 bridgehead atoms. The molecule has 2 N–H and O–H groups in total. The Kier molecular flexibility index (Phi) is 4.57. The summed E-state index contributed by atoms with van der Waals surface area (Å²) in [5.74, 6) is 0.231. The van der Waals surface area contributed by atoms with E-state index < -0.39 is 0 Å². The Morgan fingerprint density at radius 1 is 1.29 bits per heavy atom. The van der Waals surface area contributed by atoms with Crippen LogP contribution in [0.5, 0.6) is 0 Å². The zero-order valence-electron chi connectivity index (χ0n) is 13.6. The van der Waals surface area contributed by atoms with E-state index in [-0.39, 0.29) is 11.5 Å². The van der Waals surface area contributed by atoms with Gasteiger partial charge in [0, 0.05) is 24.4 Å². The lowest BCUT2D eigenvalue weighted by Gasteiger charge is -2.06. The van der Waals surface area contributed by atoms with Gasteiger partial charge in [0.2, 0.25) is 5.95 Å². The molecule has 6 heteroatoms. The molecule has 0 saturated carbocycles. The minimum Gasteiger partial charge on any atom is -0.369 e. The lowest BCUT2D eigenvalue weighted by molar-refractivity contribution is 0.825. The third-order valence-electron chi connectivity index (χ3n) is 3.77. The van der Waals surface area contributed by atoms with E-state index in [2.05, 4.69) is 28.2 Å². The predicted octanol–water partition coefficient (Wildman–Crippen LogP) is 2.89. The van der Waals surface area contributed by atoms with Gasteiger partial charge in [0.05, 0.1) is 16.9 Å². The van der Waals surface area contributed by atoms with E-state index in [1.807, 2.05) is 30.6 Å². The van der Waals surface area contributed by atoms with E-state index in [1.165, 1.54) is 10.6 Å². The van der Waals surface area contributed by atoms with Gasteiger partial charge in [0.15, 0.2) is 0 Å². The van der Waals surface area contributed by atoms with Gasteiger partial charge < -0.3 is 5.73 Å². The highest BCUT2D eigenvalue weighted by atomic mass is 32.1. The van der Waals surface area contributed by atoms with Crippen LogP contribution in [0.1, 0.15) is 27.4 Å². The highest BCUT2D eigenvalue weighted by Crippen LogP contribution is 2.17. The molecule has 0 atom stereocenters. The second kappa shape index (κ2) is 6.80. The van der Waals surface area contributed by atoms with Gasteiger partial charge >= 0.3 is 0 Å². The molecule has 0 unspecified atom stereocenters. The van der Waals surface area contributed by atoms with E-state index in [1.54, 1.807) is 18.4 Å². The van der Waals surface area contributed by atoms with Gasteiger partial charge in [-0.3, -0.25) is 9.36 Å². The van der Waals surface area contributed by atoms with Crippen molar-refractivity contribution in [3.05, 3.63) is 73.6 Å². The van der Waals surface area contributed by atoms with Gasteiger partial charge in [-0.25, -0.2) is 9.97 Å². The SMILES string of the molecule is Cc1ncsc1/C=C/c1cccc(Cc2cc(=O)n(C)c(N)n2)c1. The molecule has 0 saturated heterocycles. The van der Waals surface area contributed by atoms with Gasteiger partial charge in [-0.15, -0.1) is 11.3 Å². The number of nitrogen functional groups attached to an aromatic ring is 1. The highest BCUT2D eigenvalue weighted by Gasteiger charge is 2.04. The third-order valence-corrected chi connectivity index (χ3v) is 4.66. The summed E-state index contributed by atoms with van der Waals surface area (Å²) in [7, 11) is 1.61. The van der Waals surface area contributed by atoms with Crippen LogP contribution in [0.4, 0.5) is 5.95 Å². The van der Waals surface area contributed by atoms with E-state index in [0.717, 1.165) is 21.7 Å². The van der Waals surface area contributed by atoms with Crippen LogP contribution in [0.15, 0.2) is 40.6 Å². The fourth-order valence-electron chi connectivity index (χ4n) is 2.36. The van der Waals surface area contributed by atoms with E-state index >= 15 is 0 Å². The molecule has 0 aliphatic heterocycles. The summed E-state index contributed by atoms with van der Waals surface area (Å²) in [6.07, 6.45) is 4.71. The summed E-state index contributed by atoms with van der Waals surface area (Å²) in [4.78, 5) is 21.5. The van der Waals surface area contributed by atoms with E-state index in [4.69, 9.17) is 5.73 Å². The van der Waals surface area contributed by atoms with Crippen molar-refractivity contribution in [3.63, 3.8) is 0 Å². The van der Waals surface area contributed by atoms with Crippen molar-refractivity contribution < 1.29 is 0 Å². The molecule has 0 aliphatic rings. The van der Waals surface area contributed by atoms with Crippen LogP contribution >= 0.6 is 11.3 Å². The summed E-state index contributed by atoms with van der Waals surface area (Å²) in [6, 6.07) is 9.67. The Morgan fingerprint density at radius 2 is 2.12 bits per heavy atom. The summed E-state index contributed by atoms with van der Waals surface area (Å²) >= 11 is 1.62. The largest absolute Gasteiger partial charge is 0.369 e. The lowest BCUT2D eigenvalue weighted by Crippen LogP contribution is -2.21. The normalized spacial score (nSPS) is 11.2. The summed E-state index contributed by atoms with van der Waals surface area (Å²) in [5, 5.41) is 0. The van der Waals surface area contributed by atoms with Crippen LogP contribution < -0.4 is 11.3 Å². The van der Waals surface area contributed by atoms with Crippen LogP contribution in [0.2, 0.25) is 0 Å². The number of nitrogens with two attached hydrogens (primary N) is 1. The minimum atomic E-state index is -0.144. The zero-order valence-corrected chi connectivity index (χ0v) is 14.4. The topological polar surface area (TPSA) is 73.8 Å². The van der Waals surface area contributed by atoms with Crippen molar-refractivity contribution in [1.82, 2.24) is 14.5 Å². The molecule has 3 aromatic rings. The monoisotopic (exact) mass is 338 g/mol. The maximum absolute atomic E-state index is 11.8. The highest BCUT2D eigenvalue weighted by molar-refractivity contribution is 7.10. The van der Waals surface area contributed by atoms with Crippen LogP contribution in [0.25, 0.3) is 12.2 Å². The van der Waals surface area contributed by atoms with Crippen LogP contribution in [-0.4, -0.2) is 14.5 Å². The molecule has 1 aromatic carbocycles. The number of rotatable bonds is 4. The Hall–Kier alpha value is -2.73. The van der Waals surface area contributed by atoms with Crippen molar-refractivity contribution >= 4 is 29.4 Å². The van der Waals surface area contributed by atoms with Crippen LogP contribution in [0, 0.1) is 6.92 Å². The number of thiazole rings is 1. The van der Waals surface area contributed by atoms with E-state index in [9.17, 15) is 4.79 Å². The van der Waals surface area contributed by atoms with Gasteiger partial charge in [-0.1, -0.05) is 30.3 Å². The number of aryl methyl sites for hydroxylation is 1. The second-order valence-electron chi connectivity index (χ2n) is 5.56. The number of aromatic nitrogens is 3. The molecule has 0 fully saturated rings. The summed E-state index contributed by atoms with van der Waals surface area (Å²) < 4.78 is 1.33. The molecule has 0 amide bonds. The fourth-order valence-corrected chi connectivity index (χ4v) is 3.05. The average molecular weight is 338 g/mol. The van der Waals surface area contributed by atoms with Crippen molar-refractivity contribution in [2.45, 2.75) is 13.3 Å². The van der Waals surface area contributed by atoms with Gasteiger partial charge in [-0.05, 0) is 24.1 Å². The third kappa shape index (κ3) is 3.60. The molecule has 0 radical (unpaired) electrons. The Bertz CT molecular complexity index is 956. The molecular weight excluding hydrogens is 320 g/mol. The summed E-state index contributed by atoms with van der Waals surface area (Å²) in [6.45, 7) is 2.00. The summed E-state index contributed by atoms with van der Waals surface area (Å²) in [5.41, 5.74) is 11.3. The first-order chi connectivity index (χ1) is 11.5. The number of nitrogens with zero attached hydrogens (tertiary/aromatic N) is 3. The molecule has 122 valence electrons. The van der Waals surface area contributed by atoms with Gasteiger partial charge in [-0.2, -0.15) is 0 Å². The quantitative estimate of drug-likeness (QED) is 0.794. The minimum absolute atomic E-state index is 0.144. The Morgan fingerprint density at radius 3 is 2.83 bits per heavy atom. The molecule has 3 rings (SSSR count). The smallest absolute Gasteiger partial charge is 0.254 e. The fraction of sp³-hybridized carbons (Fsp3) is 0.167. The molecule has 0 aliphatic carbocycles.